The van der Waals surface area contributed by atoms with Crippen LogP contribution in [-0.2, 0) is 20.0 Å². The van der Waals surface area contributed by atoms with Crippen molar-refractivity contribution in [3.8, 4) is 0 Å². The van der Waals surface area contributed by atoms with Crippen molar-refractivity contribution in [1.82, 2.24) is 9.03 Å². The van der Waals surface area contributed by atoms with Crippen LogP contribution in [0.3, 0.4) is 0 Å². The first-order valence-electron chi connectivity index (χ1n) is 9.88. The molecular formula is C19H28N2O4S2. The van der Waals surface area contributed by atoms with Gasteiger partial charge in [-0.1, -0.05) is 13.3 Å². The SMILES string of the molecule is CC1CCN(S(=O)(=O)c2ccc(S(=O)(=O)N[C@H]3C[C@@H]4CC[C@H]3C4)cc2)CC1. The van der Waals surface area contributed by atoms with Crippen molar-refractivity contribution >= 4 is 20.0 Å². The predicted molar refractivity (Wildman–Crippen MR) is 103 cm³/mol. The second-order valence-corrected chi connectivity index (χ2v) is 12.1. The van der Waals surface area contributed by atoms with E-state index in [0.29, 0.717) is 30.8 Å². The second-order valence-electron chi connectivity index (χ2n) is 8.46. The first-order valence-corrected chi connectivity index (χ1v) is 12.8. The number of hydrogen-bond acceptors (Lipinski definition) is 4. The van der Waals surface area contributed by atoms with Gasteiger partial charge in [0.25, 0.3) is 0 Å². The van der Waals surface area contributed by atoms with Crippen molar-refractivity contribution in [3.63, 3.8) is 0 Å². The Bertz CT molecular complexity index is 888. The van der Waals surface area contributed by atoms with Gasteiger partial charge in [-0.05, 0) is 74.1 Å². The summed E-state index contributed by atoms with van der Waals surface area (Å²) in [5.74, 6) is 1.65. The molecule has 1 N–H and O–H groups in total. The molecule has 0 radical (unpaired) electrons. The Labute approximate surface area is 162 Å². The van der Waals surface area contributed by atoms with Crippen LogP contribution < -0.4 is 4.72 Å². The summed E-state index contributed by atoms with van der Waals surface area (Å²) in [6.07, 6.45) is 6.08. The highest BCUT2D eigenvalue weighted by molar-refractivity contribution is 7.89. The van der Waals surface area contributed by atoms with Crippen LogP contribution >= 0.6 is 0 Å². The normalized spacial score (nSPS) is 30.0. The predicted octanol–water partition coefficient (Wildman–Crippen LogP) is 2.57. The Morgan fingerprint density at radius 1 is 0.889 bits per heavy atom. The van der Waals surface area contributed by atoms with Gasteiger partial charge in [-0.15, -0.1) is 0 Å². The van der Waals surface area contributed by atoms with Gasteiger partial charge < -0.3 is 0 Å². The van der Waals surface area contributed by atoms with Crippen molar-refractivity contribution in [2.24, 2.45) is 17.8 Å². The lowest BCUT2D eigenvalue weighted by Gasteiger charge is -2.29. The van der Waals surface area contributed by atoms with Crippen molar-refractivity contribution in [2.45, 2.75) is 61.3 Å². The maximum Gasteiger partial charge on any atom is 0.243 e. The number of rotatable bonds is 5. The molecule has 150 valence electrons. The Balaban J connectivity index is 1.48. The molecule has 1 aromatic rings. The number of fused-ring (bicyclic) bond motifs is 2. The van der Waals surface area contributed by atoms with E-state index in [9.17, 15) is 16.8 Å². The van der Waals surface area contributed by atoms with Gasteiger partial charge in [-0.2, -0.15) is 4.31 Å². The Kier molecular flexibility index (Phi) is 5.12. The quantitative estimate of drug-likeness (QED) is 0.806. The van der Waals surface area contributed by atoms with Crippen LogP contribution in [0.5, 0.6) is 0 Å². The van der Waals surface area contributed by atoms with E-state index in [2.05, 4.69) is 11.6 Å². The van der Waals surface area contributed by atoms with Gasteiger partial charge in [0, 0.05) is 19.1 Å². The van der Waals surface area contributed by atoms with E-state index >= 15 is 0 Å². The van der Waals surface area contributed by atoms with Gasteiger partial charge in [0.05, 0.1) is 9.79 Å². The fourth-order valence-electron chi connectivity index (χ4n) is 4.82. The summed E-state index contributed by atoms with van der Waals surface area (Å²) in [7, 11) is -7.18. The maximum absolute atomic E-state index is 12.8. The minimum atomic E-state index is -3.62. The minimum Gasteiger partial charge on any atom is -0.208 e. The van der Waals surface area contributed by atoms with Gasteiger partial charge in [0.15, 0.2) is 0 Å². The zero-order valence-electron chi connectivity index (χ0n) is 15.7. The summed E-state index contributed by atoms with van der Waals surface area (Å²) in [6.45, 7) is 3.18. The number of benzene rings is 1. The van der Waals surface area contributed by atoms with Gasteiger partial charge in [0.2, 0.25) is 20.0 Å². The maximum atomic E-state index is 12.8. The molecule has 4 rings (SSSR count). The van der Waals surface area contributed by atoms with Crippen LogP contribution in [0.25, 0.3) is 0 Å². The molecule has 3 aliphatic rings. The third-order valence-corrected chi connectivity index (χ3v) is 9.98. The molecule has 2 bridgehead atoms. The van der Waals surface area contributed by atoms with E-state index in [1.807, 2.05) is 0 Å². The average Bonchev–Trinajstić information content (AvgIpc) is 3.25. The van der Waals surface area contributed by atoms with Crippen LogP contribution in [0.15, 0.2) is 34.1 Å². The van der Waals surface area contributed by atoms with Crippen LogP contribution in [0.2, 0.25) is 0 Å². The van der Waals surface area contributed by atoms with Crippen LogP contribution in [0.1, 0.15) is 45.4 Å². The molecule has 0 spiro atoms. The zero-order chi connectivity index (χ0) is 19.2. The van der Waals surface area contributed by atoms with E-state index < -0.39 is 20.0 Å². The highest BCUT2D eigenvalue weighted by Crippen LogP contribution is 2.44. The van der Waals surface area contributed by atoms with Crippen LogP contribution in [0.4, 0.5) is 0 Å². The molecule has 0 aromatic heterocycles. The molecule has 2 saturated carbocycles. The lowest BCUT2D eigenvalue weighted by atomic mass is 9.96. The van der Waals surface area contributed by atoms with E-state index in [0.717, 1.165) is 32.1 Å². The standard InChI is InChI=1S/C19H28N2O4S2/c1-14-8-10-21(11-9-14)27(24,25)18-6-4-17(5-7-18)26(22,23)20-19-13-15-2-3-16(19)12-15/h4-7,14-16,19-20H,2-3,8-13H2,1H3/t15-,16+,19+/m1/s1. The molecule has 3 atom stereocenters. The molecule has 1 aliphatic heterocycles. The molecule has 8 heteroatoms. The van der Waals surface area contributed by atoms with E-state index in [1.165, 1.54) is 35.0 Å². The molecule has 3 fully saturated rings. The number of nitrogens with one attached hydrogen (secondary N) is 1. The molecule has 2 aliphatic carbocycles. The summed E-state index contributed by atoms with van der Waals surface area (Å²) in [4.78, 5) is 0.299. The van der Waals surface area contributed by atoms with Crippen molar-refractivity contribution in [2.75, 3.05) is 13.1 Å². The molecule has 1 saturated heterocycles. The number of sulfonamides is 2. The third kappa shape index (κ3) is 3.81. The monoisotopic (exact) mass is 412 g/mol. The van der Waals surface area contributed by atoms with Crippen LogP contribution in [-0.4, -0.2) is 40.3 Å². The molecule has 1 heterocycles. The second kappa shape index (κ2) is 7.13. The van der Waals surface area contributed by atoms with Gasteiger partial charge in [-0.25, -0.2) is 21.6 Å². The smallest absolute Gasteiger partial charge is 0.208 e. The largest absolute Gasteiger partial charge is 0.243 e. The first-order chi connectivity index (χ1) is 12.8. The summed E-state index contributed by atoms with van der Waals surface area (Å²) < 4.78 is 55.3. The molecule has 0 unspecified atom stereocenters. The minimum absolute atomic E-state index is 0.0208. The highest BCUT2D eigenvalue weighted by Gasteiger charge is 2.41. The Morgan fingerprint density at radius 3 is 2.07 bits per heavy atom. The Morgan fingerprint density at radius 2 is 1.52 bits per heavy atom. The fraction of sp³-hybridized carbons (Fsp3) is 0.684. The average molecular weight is 413 g/mol. The zero-order valence-corrected chi connectivity index (χ0v) is 17.3. The summed E-state index contributed by atoms with van der Waals surface area (Å²) >= 11 is 0. The number of hydrogen-bond donors (Lipinski definition) is 1. The summed E-state index contributed by atoms with van der Waals surface area (Å²) in [5.41, 5.74) is 0. The molecule has 27 heavy (non-hydrogen) atoms. The highest BCUT2D eigenvalue weighted by atomic mass is 32.2. The lowest BCUT2D eigenvalue weighted by molar-refractivity contribution is 0.288. The summed E-state index contributed by atoms with van der Waals surface area (Å²) in [5, 5.41) is 0. The lowest BCUT2D eigenvalue weighted by Crippen LogP contribution is -2.38. The van der Waals surface area contributed by atoms with E-state index in [1.54, 1.807) is 0 Å². The van der Waals surface area contributed by atoms with Crippen molar-refractivity contribution < 1.29 is 16.8 Å². The number of nitrogens with zero attached hydrogens (tertiary/aromatic N) is 1. The van der Waals surface area contributed by atoms with Crippen molar-refractivity contribution in [1.29, 1.82) is 0 Å². The first kappa shape index (κ1) is 19.4. The third-order valence-electron chi connectivity index (χ3n) is 6.56. The molecular weight excluding hydrogens is 384 g/mol. The molecule has 1 aromatic carbocycles. The van der Waals surface area contributed by atoms with Crippen molar-refractivity contribution in [3.05, 3.63) is 24.3 Å². The number of piperidine rings is 1. The fourth-order valence-corrected chi connectivity index (χ4v) is 7.61. The van der Waals surface area contributed by atoms with Gasteiger partial charge >= 0.3 is 0 Å². The molecule has 0 amide bonds. The Hall–Kier alpha value is -0.960. The van der Waals surface area contributed by atoms with Gasteiger partial charge in [0.1, 0.15) is 0 Å². The van der Waals surface area contributed by atoms with E-state index in [-0.39, 0.29) is 15.8 Å². The molecule has 6 nitrogen and oxygen atoms in total. The van der Waals surface area contributed by atoms with E-state index in [4.69, 9.17) is 0 Å². The topological polar surface area (TPSA) is 83.6 Å². The summed E-state index contributed by atoms with van der Waals surface area (Å²) in [6, 6.07) is 5.68. The van der Waals surface area contributed by atoms with Crippen LogP contribution in [0, 0.1) is 17.8 Å². The van der Waals surface area contributed by atoms with Gasteiger partial charge in [-0.3, -0.25) is 0 Å².